The van der Waals surface area contributed by atoms with E-state index >= 15 is 0 Å². The fraction of sp³-hybridized carbons (Fsp3) is 0.235. The van der Waals surface area contributed by atoms with Gasteiger partial charge in [0.15, 0.2) is 0 Å². The van der Waals surface area contributed by atoms with Crippen LogP contribution in [0.15, 0.2) is 54.6 Å². The second-order valence-electron chi connectivity index (χ2n) is 5.55. The standard InChI is InChI=1S/C17H18N2O5S/c20-17(8-4-7-14-5-2-1-3-6-14)18-25(23,24)13-15-9-11-16(12-10-15)19(21)22/h1-3,5-6,9-12H,4,7-8,13H2,(H,18,20). The quantitative estimate of drug-likeness (QED) is 0.574. The van der Waals surface area contributed by atoms with Gasteiger partial charge in [0.25, 0.3) is 5.69 Å². The number of amides is 1. The molecule has 0 heterocycles. The summed E-state index contributed by atoms with van der Waals surface area (Å²) in [6.07, 6.45) is 1.34. The van der Waals surface area contributed by atoms with Crippen LogP contribution in [0, 0.1) is 10.1 Å². The molecule has 2 aromatic carbocycles. The van der Waals surface area contributed by atoms with Crippen LogP contribution in [0.2, 0.25) is 0 Å². The van der Waals surface area contributed by atoms with E-state index in [1.165, 1.54) is 24.3 Å². The first-order chi connectivity index (χ1) is 11.9. The Morgan fingerprint density at radius 2 is 1.64 bits per heavy atom. The largest absolute Gasteiger partial charge is 0.274 e. The van der Waals surface area contributed by atoms with Crippen LogP contribution in [0.1, 0.15) is 24.0 Å². The molecule has 0 aliphatic heterocycles. The molecule has 132 valence electrons. The van der Waals surface area contributed by atoms with Gasteiger partial charge in [-0.15, -0.1) is 0 Å². The second-order valence-corrected chi connectivity index (χ2v) is 7.27. The molecule has 7 nitrogen and oxygen atoms in total. The van der Waals surface area contributed by atoms with Gasteiger partial charge in [-0.1, -0.05) is 42.5 Å². The van der Waals surface area contributed by atoms with E-state index in [1.807, 2.05) is 35.1 Å². The zero-order valence-corrected chi connectivity index (χ0v) is 14.2. The van der Waals surface area contributed by atoms with Crippen molar-refractivity contribution in [2.75, 3.05) is 0 Å². The Kier molecular flexibility index (Phi) is 6.24. The molecule has 8 heteroatoms. The molecular weight excluding hydrogens is 344 g/mol. The number of nitrogens with zero attached hydrogens (tertiary/aromatic N) is 1. The number of aryl methyl sites for hydroxylation is 1. The molecule has 0 saturated carbocycles. The number of rotatable bonds is 8. The summed E-state index contributed by atoms with van der Waals surface area (Å²) in [5.41, 5.74) is 1.34. The first kappa shape index (κ1) is 18.6. The number of nitrogens with one attached hydrogen (secondary N) is 1. The number of sulfonamides is 1. The summed E-state index contributed by atoms with van der Waals surface area (Å²) < 4.78 is 26.0. The van der Waals surface area contributed by atoms with Gasteiger partial charge < -0.3 is 0 Å². The zero-order chi connectivity index (χ0) is 18.3. The number of nitro benzene ring substituents is 1. The monoisotopic (exact) mass is 362 g/mol. The number of benzene rings is 2. The van der Waals surface area contributed by atoms with Crippen LogP contribution in [0.3, 0.4) is 0 Å². The van der Waals surface area contributed by atoms with Crippen LogP contribution < -0.4 is 4.72 Å². The summed E-state index contributed by atoms with van der Waals surface area (Å²) in [5, 5.41) is 10.6. The zero-order valence-electron chi connectivity index (χ0n) is 13.4. The van der Waals surface area contributed by atoms with E-state index in [4.69, 9.17) is 0 Å². The lowest BCUT2D eigenvalue weighted by Crippen LogP contribution is -2.31. The molecule has 0 spiro atoms. The van der Waals surface area contributed by atoms with Crippen LogP contribution >= 0.6 is 0 Å². The van der Waals surface area contributed by atoms with Crippen molar-refractivity contribution < 1.29 is 18.1 Å². The third-order valence-electron chi connectivity index (χ3n) is 3.49. The van der Waals surface area contributed by atoms with E-state index in [2.05, 4.69) is 0 Å². The SMILES string of the molecule is O=C(CCCc1ccccc1)NS(=O)(=O)Cc1ccc([N+](=O)[O-])cc1. The molecule has 0 aliphatic rings. The van der Waals surface area contributed by atoms with Crippen LogP contribution in [0.4, 0.5) is 5.69 Å². The smallest absolute Gasteiger partial charge is 0.269 e. The highest BCUT2D eigenvalue weighted by Crippen LogP contribution is 2.13. The van der Waals surface area contributed by atoms with Gasteiger partial charge in [0.05, 0.1) is 10.7 Å². The summed E-state index contributed by atoms with van der Waals surface area (Å²) in [6, 6.07) is 14.8. The number of hydrogen-bond acceptors (Lipinski definition) is 5. The summed E-state index contributed by atoms with van der Waals surface area (Å²) in [6.45, 7) is 0. The van der Waals surface area contributed by atoms with Crippen molar-refractivity contribution in [3.05, 3.63) is 75.8 Å². The van der Waals surface area contributed by atoms with E-state index in [0.717, 1.165) is 5.56 Å². The van der Waals surface area contributed by atoms with Crippen LogP contribution in [-0.2, 0) is 27.0 Å². The lowest BCUT2D eigenvalue weighted by atomic mass is 10.1. The number of non-ortho nitro benzene ring substituents is 1. The lowest BCUT2D eigenvalue weighted by Gasteiger charge is -2.07. The first-order valence-corrected chi connectivity index (χ1v) is 9.31. The van der Waals surface area contributed by atoms with E-state index in [1.54, 1.807) is 0 Å². The lowest BCUT2D eigenvalue weighted by molar-refractivity contribution is -0.384. The average molecular weight is 362 g/mol. The van der Waals surface area contributed by atoms with Gasteiger partial charge in [0, 0.05) is 18.6 Å². The molecule has 0 bridgehead atoms. The first-order valence-electron chi connectivity index (χ1n) is 7.66. The summed E-state index contributed by atoms with van der Waals surface area (Å²) in [5.74, 6) is -0.965. The van der Waals surface area contributed by atoms with Gasteiger partial charge in [-0.25, -0.2) is 8.42 Å². The Morgan fingerprint density at radius 1 is 1.00 bits per heavy atom. The second kappa shape index (κ2) is 8.39. The number of nitro groups is 1. The van der Waals surface area contributed by atoms with Gasteiger partial charge >= 0.3 is 0 Å². The minimum Gasteiger partial charge on any atom is -0.274 e. The molecule has 1 N–H and O–H groups in total. The average Bonchev–Trinajstić information content (AvgIpc) is 2.55. The van der Waals surface area contributed by atoms with Crippen molar-refractivity contribution >= 4 is 21.6 Å². The van der Waals surface area contributed by atoms with Crippen molar-refractivity contribution in [1.82, 2.24) is 4.72 Å². The van der Waals surface area contributed by atoms with Crippen molar-refractivity contribution in [3.8, 4) is 0 Å². The number of hydrogen-bond donors (Lipinski definition) is 1. The fourth-order valence-corrected chi connectivity index (χ4v) is 3.44. The molecule has 25 heavy (non-hydrogen) atoms. The minimum atomic E-state index is -3.83. The van der Waals surface area contributed by atoms with E-state index in [-0.39, 0.29) is 12.1 Å². The molecule has 0 aromatic heterocycles. The number of carbonyl (C=O) groups excluding carboxylic acids is 1. The summed E-state index contributed by atoms with van der Waals surface area (Å²) in [7, 11) is -3.83. The Labute approximate surface area is 145 Å². The Balaban J connectivity index is 1.83. The van der Waals surface area contributed by atoms with Gasteiger partial charge in [-0.2, -0.15) is 0 Å². The predicted molar refractivity (Wildman–Crippen MR) is 93.2 cm³/mol. The van der Waals surface area contributed by atoms with E-state index in [9.17, 15) is 23.3 Å². The minimum absolute atomic E-state index is 0.106. The molecule has 2 rings (SSSR count). The van der Waals surface area contributed by atoms with Crippen molar-refractivity contribution in [2.45, 2.75) is 25.0 Å². The Bertz CT molecular complexity index is 833. The molecule has 0 fully saturated rings. The molecule has 0 unspecified atom stereocenters. The fourth-order valence-electron chi connectivity index (χ4n) is 2.29. The molecular formula is C17H18N2O5S. The molecule has 0 aliphatic carbocycles. The van der Waals surface area contributed by atoms with E-state index in [0.29, 0.717) is 18.4 Å². The summed E-state index contributed by atoms with van der Waals surface area (Å²) in [4.78, 5) is 21.8. The summed E-state index contributed by atoms with van der Waals surface area (Å²) >= 11 is 0. The van der Waals surface area contributed by atoms with Crippen LogP contribution in [-0.4, -0.2) is 19.2 Å². The van der Waals surface area contributed by atoms with Gasteiger partial charge in [0.2, 0.25) is 15.9 Å². The van der Waals surface area contributed by atoms with Crippen LogP contribution in [0.25, 0.3) is 0 Å². The normalized spacial score (nSPS) is 11.0. The third-order valence-corrected chi connectivity index (χ3v) is 4.74. The maximum atomic E-state index is 12.0. The molecule has 0 radical (unpaired) electrons. The molecule has 0 saturated heterocycles. The highest BCUT2D eigenvalue weighted by Gasteiger charge is 2.16. The maximum Gasteiger partial charge on any atom is 0.269 e. The van der Waals surface area contributed by atoms with Gasteiger partial charge in [0.1, 0.15) is 0 Å². The van der Waals surface area contributed by atoms with Crippen molar-refractivity contribution in [2.24, 2.45) is 0 Å². The number of carbonyl (C=O) groups is 1. The van der Waals surface area contributed by atoms with Crippen molar-refractivity contribution in [1.29, 1.82) is 0 Å². The highest BCUT2D eigenvalue weighted by atomic mass is 32.2. The van der Waals surface area contributed by atoms with Gasteiger partial charge in [-0.3, -0.25) is 19.6 Å². The topological polar surface area (TPSA) is 106 Å². The third kappa shape index (κ3) is 6.34. The molecule has 1 amide bonds. The van der Waals surface area contributed by atoms with E-state index < -0.39 is 26.6 Å². The predicted octanol–water partition coefficient (Wildman–Crippen LogP) is 2.56. The molecule has 2 aromatic rings. The highest BCUT2D eigenvalue weighted by molar-refractivity contribution is 7.89. The van der Waals surface area contributed by atoms with Crippen LogP contribution in [0.5, 0.6) is 0 Å². The maximum absolute atomic E-state index is 12.0. The Hall–Kier alpha value is -2.74. The van der Waals surface area contributed by atoms with Gasteiger partial charge in [-0.05, 0) is 24.0 Å². The van der Waals surface area contributed by atoms with Crippen molar-refractivity contribution in [3.63, 3.8) is 0 Å². The molecule has 0 atom stereocenters. The Morgan fingerprint density at radius 3 is 2.24 bits per heavy atom.